The fourth-order valence-corrected chi connectivity index (χ4v) is 4.01. The van der Waals surface area contributed by atoms with E-state index in [1.54, 1.807) is 12.1 Å². The number of nitrogens with one attached hydrogen (secondary N) is 1. The van der Waals surface area contributed by atoms with Gasteiger partial charge in [0.2, 0.25) is 10.0 Å². The highest BCUT2D eigenvalue weighted by Crippen LogP contribution is 2.05. The molecule has 0 aliphatic heterocycles. The Morgan fingerprint density at radius 2 is 1.60 bits per heavy atom. The van der Waals surface area contributed by atoms with Crippen LogP contribution in [0.5, 0.6) is 0 Å². The predicted molar refractivity (Wildman–Crippen MR) is 83.3 cm³/mol. The molecule has 1 aromatic carbocycles. The van der Waals surface area contributed by atoms with Crippen LogP contribution in [0, 0.1) is 0 Å². The normalized spacial score (nSPS) is 11.8. The van der Waals surface area contributed by atoms with Gasteiger partial charge in [-0.2, -0.15) is 0 Å². The summed E-state index contributed by atoms with van der Waals surface area (Å²) in [4.78, 5) is 0. The molecule has 0 aromatic heterocycles. The quantitative estimate of drug-likeness (QED) is 0.688. The lowest BCUT2D eigenvalue weighted by atomic mass is 10.1. The van der Waals surface area contributed by atoms with Crippen molar-refractivity contribution in [1.29, 1.82) is 0 Å². The number of anilines is 1. The summed E-state index contributed by atoms with van der Waals surface area (Å²) in [5.74, 6) is -0.780. The summed E-state index contributed by atoms with van der Waals surface area (Å²) in [6.07, 6.45) is 1.54. The predicted octanol–water partition coefficient (Wildman–Crippen LogP) is 0.197. The molecule has 3 N–H and O–H groups in total. The highest BCUT2D eigenvalue weighted by Gasteiger charge is 2.13. The SMILES string of the molecule is CS(=O)(=O)CCS(=O)(=O)NCCc1ccc(N)cc1.Cl. The van der Waals surface area contributed by atoms with Crippen molar-refractivity contribution in [2.75, 3.05) is 30.0 Å². The molecule has 0 amide bonds. The first kappa shape index (κ1) is 19.2. The van der Waals surface area contributed by atoms with Gasteiger partial charge < -0.3 is 5.73 Å². The molecule has 9 heteroatoms. The summed E-state index contributed by atoms with van der Waals surface area (Å²) >= 11 is 0. The van der Waals surface area contributed by atoms with Crippen LogP contribution in [-0.4, -0.2) is 41.1 Å². The van der Waals surface area contributed by atoms with Crippen LogP contribution >= 0.6 is 12.4 Å². The number of halogens is 1. The van der Waals surface area contributed by atoms with Crippen LogP contribution in [0.25, 0.3) is 0 Å². The van der Waals surface area contributed by atoms with E-state index in [0.29, 0.717) is 12.1 Å². The third-order valence-electron chi connectivity index (χ3n) is 2.44. The minimum absolute atomic E-state index is 0. The van der Waals surface area contributed by atoms with E-state index in [-0.39, 0.29) is 24.7 Å². The number of rotatable bonds is 7. The molecule has 0 aliphatic rings. The van der Waals surface area contributed by atoms with Gasteiger partial charge in [0, 0.05) is 18.5 Å². The van der Waals surface area contributed by atoms with Crippen LogP contribution in [0.15, 0.2) is 24.3 Å². The molecular weight excluding hydrogens is 324 g/mol. The maximum Gasteiger partial charge on any atom is 0.212 e. The molecule has 116 valence electrons. The van der Waals surface area contributed by atoms with E-state index >= 15 is 0 Å². The summed E-state index contributed by atoms with van der Waals surface area (Å²) in [5, 5.41) is 0. The third-order valence-corrected chi connectivity index (χ3v) is 5.03. The molecule has 0 unspecified atom stereocenters. The minimum atomic E-state index is -3.55. The highest BCUT2D eigenvalue weighted by molar-refractivity contribution is 7.93. The van der Waals surface area contributed by atoms with Gasteiger partial charge in [-0.25, -0.2) is 21.6 Å². The fraction of sp³-hybridized carbons (Fsp3) is 0.455. The van der Waals surface area contributed by atoms with Crippen LogP contribution in [0.2, 0.25) is 0 Å². The summed E-state index contributed by atoms with van der Waals surface area (Å²) in [6, 6.07) is 7.13. The molecule has 0 bridgehead atoms. The first-order valence-corrected chi connectivity index (χ1v) is 9.39. The van der Waals surface area contributed by atoms with Crippen molar-refractivity contribution in [3.8, 4) is 0 Å². The zero-order valence-electron chi connectivity index (χ0n) is 11.1. The smallest absolute Gasteiger partial charge is 0.212 e. The number of nitrogen functional groups attached to an aromatic ring is 1. The van der Waals surface area contributed by atoms with Crippen LogP contribution < -0.4 is 10.5 Å². The highest BCUT2D eigenvalue weighted by atomic mass is 35.5. The van der Waals surface area contributed by atoms with E-state index in [9.17, 15) is 16.8 Å². The van der Waals surface area contributed by atoms with E-state index in [4.69, 9.17) is 5.73 Å². The molecule has 0 heterocycles. The number of nitrogens with two attached hydrogens (primary N) is 1. The summed E-state index contributed by atoms with van der Waals surface area (Å²) in [5.41, 5.74) is 7.15. The second-order valence-corrected chi connectivity index (χ2v) is 8.52. The van der Waals surface area contributed by atoms with E-state index < -0.39 is 25.6 Å². The van der Waals surface area contributed by atoms with Gasteiger partial charge in [-0.05, 0) is 24.1 Å². The molecule has 0 atom stereocenters. The van der Waals surface area contributed by atoms with Crippen LogP contribution in [0.3, 0.4) is 0 Å². The van der Waals surface area contributed by atoms with Crippen LogP contribution in [-0.2, 0) is 26.3 Å². The van der Waals surface area contributed by atoms with Gasteiger partial charge in [0.05, 0.1) is 11.5 Å². The standard InChI is InChI=1S/C11H18N2O4S2.ClH/c1-18(14,15)8-9-19(16,17)13-7-6-10-2-4-11(12)5-3-10;/h2-5,13H,6-9,12H2,1H3;1H. The van der Waals surface area contributed by atoms with Gasteiger partial charge in [0.15, 0.2) is 0 Å². The van der Waals surface area contributed by atoms with Crippen molar-refractivity contribution >= 4 is 38.0 Å². The van der Waals surface area contributed by atoms with Crippen molar-refractivity contribution in [1.82, 2.24) is 4.72 Å². The minimum Gasteiger partial charge on any atom is -0.399 e. The molecule has 0 spiro atoms. The Hall–Kier alpha value is -0.830. The van der Waals surface area contributed by atoms with Crippen molar-refractivity contribution in [2.45, 2.75) is 6.42 Å². The maximum atomic E-state index is 11.5. The second kappa shape index (κ2) is 7.82. The Morgan fingerprint density at radius 1 is 1.05 bits per heavy atom. The first-order valence-electron chi connectivity index (χ1n) is 5.67. The maximum absolute atomic E-state index is 11.5. The Morgan fingerprint density at radius 3 is 2.10 bits per heavy atom. The van der Waals surface area contributed by atoms with Gasteiger partial charge in [0.1, 0.15) is 9.84 Å². The average Bonchev–Trinajstić information content (AvgIpc) is 2.29. The number of sulfone groups is 1. The molecule has 0 fully saturated rings. The van der Waals surface area contributed by atoms with E-state index in [1.165, 1.54) is 0 Å². The van der Waals surface area contributed by atoms with Crippen molar-refractivity contribution in [2.24, 2.45) is 0 Å². The van der Waals surface area contributed by atoms with Gasteiger partial charge in [0.25, 0.3) is 0 Å². The van der Waals surface area contributed by atoms with E-state index in [2.05, 4.69) is 4.72 Å². The van der Waals surface area contributed by atoms with Gasteiger partial charge in [-0.3, -0.25) is 0 Å². The summed E-state index contributed by atoms with van der Waals surface area (Å²) in [6.45, 7) is 0.232. The lowest BCUT2D eigenvalue weighted by Crippen LogP contribution is -2.31. The Labute approximate surface area is 126 Å². The van der Waals surface area contributed by atoms with Crippen molar-refractivity contribution in [3.63, 3.8) is 0 Å². The molecular formula is C11H19ClN2O4S2. The fourth-order valence-electron chi connectivity index (χ4n) is 1.37. The van der Waals surface area contributed by atoms with Crippen LogP contribution in [0.4, 0.5) is 5.69 Å². The molecule has 1 rings (SSSR count). The summed E-state index contributed by atoms with van der Waals surface area (Å²) < 4.78 is 47.2. The summed E-state index contributed by atoms with van der Waals surface area (Å²) in [7, 11) is -6.82. The lowest BCUT2D eigenvalue weighted by Gasteiger charge is -2.06. The number of sulfonamides is 1. The van der Waals surface area contributed by atoms with Crippen LogP contribution in [0.1, 0.15) is 5.56 Å². The molecule has 6 nitrogen and oxygen atoms in total. The third kappa shape index (κ3) is 8.36. The molecule has 0 aliphatic carbocycles. The number of hydrogen-bond donors (Lipinski definition) is 2. The number of hydrogen-bond acceptors (Lipinski definition) is 5. The van der Waals surface area contributed by atoms with Gasteiger partial charge in [-0.1, -0.05) is 12.1 Å². The lowest BCUT2D eigenvalue weighted by molar-refractivity contribution is 0.579. The van der Waals surface area contributed by atoms with E-state index in [0.717, 1.165) is 11.8 Å². The first-order chi connectivity index (χ1) is 8.68. The second-order valence-electron chi connectivity index (χ2n) is 4.33. The molecule has 0 radical (unpaired) electrons. The number of benzene rings is 1. The van der Waals surface area contributed by atoms with Crippen molar-refractivity contribution in [3.05, 3.63) is 29.8 Å². The average molecular weight is 343 g/mol. The molecule has 1 aromatic rings. The zero-order chi connectivity index (χ0) is 14.5. The topological polar surface area (TPSA) is 106 Å². The molecule has 20 heavy (non-hydrogen) atoms. The Balaban J connectivity index is 0.00000361. The van der Waals surface area contributed by atoms with E-state index in [1.807, 2.05) is 12.1 Å². The zero-order valence-corrected chi connectivity index (χ0v) is 13.5. The molecule has 0 saturated heterocycles. The van der Waals surface area contributed by atoms with Crippen molar-refractivity contribution < 1.29 is 16.8 Å². The van der Waals surface area contributed by atoms with Gasteiger partial charge in [-0.15, -0.1) is 12.4 Å². The monoisotopic (exact) mass is 342 g/mol. The molecule has 0 saturated carbocycles. The Kier molecular flexibility index (Phi) is 7.50. The largest absolute Gasteiger partial charge is 0.399 e. The Bertz CT molecular complexity index is 612. The van der Waals surface area contributed by atoms with Gasteiger partial charge >= 0.3 is 0 Å².